The predicted octanol–water partition coefficient (Wildman–Crippen LogP) is 8.34. The second kappa shape index (κ2) is 26.9. The second-order valence-electron chi connectivity index (χ2n) is 11.3. The first-order valence-corrected chi connectivity index (χ1v) is 18.0. The van der Waals surface area contributed by atoms with E-state index in [9.17, 15) is 29.0 Å². The van der Waals surface area contributed by atoms with Crippen molar-refractivity contribution in [1.29, 1.82) is 0 Å². The van der Waals surface area contributed by atoms with Crippen LogP contribution < -0.4 is 0 Å². The van der Waals surface area contributed by atoms with Gasteiger partial charge in [-0.3, -0.25) is 14.2 Å². The molecule has 0 fully saturated rings. The fourth-order valence-electron chi connectivity index (χ4n) is 4.84. The first-order chi connectivity index (χ1) is 19.3. The van der Waals surface area contributed by atoms with Gasteiger partial charge in [0, 0.05) is 12.8 Å². The van der Waals surface area contributed by atoms with Crippen LogP contribution in [0.3, 0.4) is 0 Å². The third kappa shape index (κ3) is 23.7. The van der Waals surface area contributed by atoms with Crippen molar-refractivity contribution in [2.24, 2.45) is 0 Å². The molecule has 0 saturated heterocycles. The summed E-state index contributed by atoms with van der Waals surface area (Å²) in [6.07, 6.45) is 23.4. The van der Waals surface area contributed by atoms with E-state index in [0.29, 0.717) is 12.8 Å². The summed E-state index contributed by atoms with van der Waals surface area (Å²) < 4.78 is 22.1. The molecule has 0 amide bonds. The van der Waals surface area contributed by atoms with Crippen LogP contribution in [0.1, 0.15) is 168 Å². The van der Waals surface area contributed by atoms with Gasteiger partial charge in [-0.2, -0.15) is 0 Å². The zero-order chi connectivity index (χ0) is 29.9. The van der Waals surface area contributed by atoms with Crippen molar-refractivity contribution in [1.82, 2.24) is 0 Å². The van der Waals surface area contributed by atoms with Crippen LogP contribution in [0.4, 0.5) is 0 Å². The molecule has 0 radical (unpaired) electrons. The number of aliphatic hydroxyl groups is 1. The Balaban J connectivity index is 4.14. The Kier molecular flexibility index (Phi) is 26.3. The summed E-state index contributed by atoms with van der Waals surface area (Å²) in [4.78, 5) is 43.9. The van der Waals surface area contributed by atoms with Crippen molar-refractivity contribution >= 4 is 19.5 Å². The Bertz CT molecular complexity index is 651. The number of carbonyl (C=O) groups excluding carboxylic acids is 2. The molecule has 0 aromatic carbocycles. The van der Waals surface area contributed by atoms with Gasteiger partial charge in [0.25, 0.3) is 0 Å². The summed E-state index contributed by atoms with van der Waals surface area (Å²) in [5, 5.41) is 9.64. The first kappa shape index (κ1) is 39.0. The summed E-state index contributed by atoms with van der Waals surface area (Å²) in [5.41, 5.74) is 0. The minimum atomic E-state index is -4.96. The van der Waals surface area contributed by atoms with Crippen LogP contribution in [0.15, 0.2) is 0 Å². The van der Waals surface area contributed by atoms with Crippen molar-refractivity contribution in [3.63, 3.8) is 0 Å². The van der Waals surface area contributed by atoms with E-state index in [-0.39, 0.29) is 12.8 Å². The molecule has 0 heterocycles. The van der Waals surface area contributed by atoms with Gasteiger partial charge in [-0.25, -0.2) is 0 Å². The predicted molar refractivity (Wildman–Crippen MR) is 161 cm³/mol. The van der Waals surface area contributed by atoms with Crippen LogP contribution in [0.2, 0.25) is 0 Å². The van der Waals surface area contributed by atoms with Crippen LogP contribution in [0, 0.1) is 0 Å². The average molecular weight is 593 g/mol. The Hall–Kier alpha value is -0.950. The highest BCUT2D eigenvalue weighted by molar-refractivity contribution is 7.52. The first-order valence-electron chi connectivity index (χ1n) is 16.3. The smallest absolute Gasteiger partial charge is 0.369 e. The van der Waals surface area contributed by atoms with Crippen molar-refractivity contribution in [3.8, 4) is 0 Å². The van der Waals surface area contributed by atoms with Gasteiger partial charge in [-0.15, -0.1) is 0 Å². The number of carbonyl (C=O) groups is 2. The van der Waals surface area contributed by atoms with Crippen molar-refractivity contribution in [2.45, 2.75) is 180 Å². The quantitative estimate of drug-likeness (QED) is 0.0449. The van der Waals surface area contributed by atoms with Crippen LogP contribution >= 0.6 is 7.60 Å². The molecule has 0 saturated carbocycles. The normalized spacial score (nSPS) is 13.2. The maximum atomic E-state index is 12.3. The van der Waals surface area contributed by atoms with Gasteiger partial charge in [0.05, 0.1) is 6.61 Å². The van der Waals surface area contributed by atoms with E-state index in [1.54, 1.807) is 0 Å². The summed E-state index contributed by atoms with van der Waals surface area (Å²) in [5.74, 6) is -3.42. The highest BCUT2D eigenvalue weighted by atomic mass is 31.2. The van der Waals surface area contributed by atoms with Crippen LogP contribution in [0.25, 0.3) is 0 Å². The third-order valence-electron chi connectivity index (χ3n) is 7.33. The number of aliphatic hydroxyl groups excluding tert-OH is 1. The molecule has 8 nitrogen and oxygen atoms in total. The lowest BCUT2D eigenvalue weighted by Crippen LogP contribution is -2.37. The van der Waals surface area contributed by atoms with Gasteiger partial charge < -0.3 is 24.4 Å². The number of rotatable bonds is 29. The lowest BCUT2D eigenvalue weighted by Gasteiger charge is -2.26. The molecule has 3 N–H and O–H groups in total. The monoisotopic (exact) mass is 592 g/mol. The summed E-state index contributed by atoms with van der Waals surface area (Å²) in [6.45, 7) is 3.58. The lowest BCUT2D eigenvalue weighted by atomic mass is 10.0. The van der Waals surface area contributed by atoms with E-state index >= 15 is 0 Å². The molecule has 2 atom stereocenters. The molecule has 40 heavy (non-hydrogen) atoms. The Morgan fingerprint density at radius 1 is 0.550 bits per heavy atom. The topological polar surface area (TPSA) is 130 Å². The number of ether oxygens (including phenoxy) is 2. The fraction of sp³-hybridized carbons (Fsp3) is 0.935. The third-order valence-corrected chi connectivity index (χ3v) is 8.43. The Morgan fingerprint density at radius 2 is 0.850 bits per heavy atom. The number of unbranched alkanes of at least 4 members (excludes halogenated alkanes) is 20. The Morgan fingerprint density at radius 3 is 1.15 bits per heavy atom. The number of hydrogen-bond acceptors (Lipinski definition) is 6. The van der Waals surface area contributed by atoms with Crippen LogP contribution in [0.5, 0.6) is 0 Å². The van der Waals surface area contributed by atoms with E-state index < -0.39 is 38.1 Å². The molecule has 0 rings (SSSR count). The average Bonchev–Trinajstić information content (AvgIpc) is 2.91. The lowest BCUT2D eigenvalue weighted by molar-refractivity contribution is -0.166. The van der Waals surface area contributed by atoms with E-state index in [1.165, 1.54) is 89.9 Å². The molecule has 0 aromatic rings. The molecule has 238 valence electrons. The molecule has 0 aromatic heterocycles. The van der Waals surface area contributed by atoms with Gasteiger partial charge in [-0.1, -0.05) is 142 Å². The maximum Gasteiger partial charge on any atom is 0.369 e. The fourth-order valence-corrected chi connectivity index (χ4v) is 5.68. The minimum absolute atomic E-state index is 0.0266. The Labute approximate surface area is 244 Å². The van der Waals surface area contributed by atoms with Gasteiger partial charge in [0.15, 0.2) is 6.10 Å². The van der Waals surface area contributed by atoms with Crippen molar-refractivity contribution in [2.75, 3.05) is 6.61 Å². The second-order valence-corrected chi connectivity index (χ2v) is 12.9. The van der Waals surface area contributed by atoms with E-state index in [0.717, 1.165) is 38.5 Å². The van der Waals surface area contributed by atoms with Gasteiger partial charge in [0.1, 0.15) is 0 Å². The SMILES string of the molecule is CCCCCCCCCCCCCCCC(=O)OC([C@H](CO)OC(=O)CCCCCCCCCCC)P(=O)(O)O. The standard InChI is InChI=1S/C31H61O8P/c1-3-5-7-9-11-13-14-15-16-18-20-22-24-26-30(34)39-31(40(35,36)37)28(27-32)38-29(33)25-23-21-19-17-12-10-8-6-4-2/h28,31-32H,3-27H2,1-2H3,(H2,35,36,37)/t28-,31?/m0/s1. The summed E-state index contributed by atoms with van der Waals surface area (Å²) in [6, 6.07) is 0. The zero-order valence-electron chi connectivity index (χ0n) is 25.7. The van der Waals surface area contributed by atoms with E-state index in [1.807, 2.05) is 0 Å². The molecule has 0 aliphatic rings. The van der Waals surface area contributed by atoms with Crippen LogP contribution in [-0.4, -0.2) is 45.4 Å². The molecule has 9 heteroatoms. The maximum absolute atomic E-state index is 12.3. The van der Waals surface area contributed by atoms with Crippen molar-refractivity contribution < 1.29 is 38.5 Å². The molecule has 1 unspecified atom stereocenters. The van der Waals surface area contributed by atoms with Crippen molar-refractivity contribution in [3.05, 3.63) is 0 Å². The number of hydrogen-bond donors (Lipinski definition) is 3. The molecule has 0 aliphatic carbocycles. The summed E-state index contributed by atoms with van der Waals surface area (Å²) in [7, 11) is -4.96. The highest BCUT2D eigenvalue weighted by Gasteiger charge is 2.41. The number of esters is 2. The van der Waals surface area contributed by atoms with Crippen LogP contribution in [-0.2, 0) is 23.6 Å². The largest absolute Gasteiger partial charge is 0.455 e. The van der Waals surface area contributed by atoms with Gasteiger partial charge in [0.2, 0.25) is 5.85 Å². The molecule has 0 aliphatic heterocycles. The molecule has 0 bridgehead atoms. The molecule has 0 spiro atoms. The zero-order valence-corrected chi connectivity index (χ0v) is 26.6. The molecular formula is C31H61O8P. The minimum Gasteiger partial charge on any atom is -0.455 e. The van der Waals surface area contributed by atoms with Gasteiger partial charge in [-0.05, 0) is 12.8 Å². The summed E-state index contributed by atoms with van der Waals surface area (Å²) >= 11 is 0. The highest BCUT2D eigenvalue weighted by Crippen LogP contribution is 2.44. The van der Waals surface area contributed by atoms with E-state index in [2.05, 4.69) is 13.8 Å². The van der Waals surface area contributed by atoms with Gasteiger partial charge >= 0.3 is 19.5 Å². The van der Waals surface area contributed by atoms with E-state index in [4.69, 9.17) is 9.47 Å². The molecular weight excluding hydrogens is 531 g/mol.